The molecule has 0 spiro atoms. The number of quaternary nitrogens is 1. The Kier molecular flexibility index (Phi) is 9.49. The highest BCUT2D eigenvalue weighted by molar-refractivity contribution is 6.74. The van der Waals surface area contributed by atoms with Gasteiger partial charge < -0.3 is 19.0 Å². The first-order valence-corrected chi connectivity index (χ1v) is 17.6. The summed E-state index contributed by atoms with van der Waals surface area (Å²) in [6.45, 7) is 12.6. The molecule has 7 nitrogen and oxygen atoms in total. The molecule has 2 amide bonds. The topological polar surface area (TPSA) is 82.1 Å². The number of hydrogen-bond donors (Lipinski definition) is 1. The zero-order chi connectivity index (χ0) is 31.5. The molecule has 1 N–H and O–H groups in total. The van der Waals surface area contributed by atoms with Crippen LogP contribution in [0, 0.1) is 5.82 Å². The molecule has 1 saturated heterocycles. The van der Waals surface area contributed by atoms with Gasteiger partial charge in [-0.05, 0) is 61.0 Å². The maximum Gasteiger partial charge on any atom is 0.528 e. The number of hydrogen-bond acceptors (Lipinski definition) is 5. The molecule has 0 bridgehead atoms. The standard InChI is InChI=1S/C34H42FNO6Si/c1-33(2,3)43(5,6)42-24-34(4)21-20-30(36(34,31(37)38)32(39)41-22-25-12-8-7-9-13-25)26-16-18-28(19-17-26)40-23-27-14-10-11-15-29(27)35/h7-19,30H,20-24H2,1-6H3/p+1/t30-,34?,36?/m1/s1. The lowest BCUT2D eigenvalue weighted by Crippen LogP contribution is -2.68. The molecule has 0 saturated carbocycles. The van der Waals surface area contributed by atoms with Gasteiger partial charge in [0.2, 0.25) is 0 Å². The molecule has 3 atom stereocenters. The zero-order valence-electron chi connectivity index (χ0n) is 25.9. The summed E-state index contributed by atoms with van der Waals surface area (Å²) in [4.78, 5) is 27.5. The predicted molar refractivity (Wildman–Crippen MR) is 166 cm³/mol. The second-order valence-electron chi connectivity index (χ2n) is 13.1. The van der Waals surface area contributed by atoms with Crippen molar-refractivity contribution in [2.75, 3.05) is 6.61 Å². The maximum absolute atomic E-state index is 14.1. The van der Waals surface area contributed by atoms with Crippen molar-refractivity contribution in [1.29, 1.82) is 0 Å². The molecule has 1 aliphatic heterocycles. The zero-order valence-corrected chi connectivity index (χ0v) is 26.9. The van der Waals surface area contributed by atoms with Crippen molar-refractivity contribution in [2.24, 2.45) is 0 Å². The highest BCUT2D eigenvalue weighted by atomic mass is 28.4. The van der Waals surface area contributed by atoms with Gasteiger partial charge >= 0.3 is 12.2 Å². The van der Waals surface area contributed by atoms with E-state index in [1.807, 2.05) is 37.3 Å². The molecular formula is C34H43FNO6Si+. The van der Waals surface area contributed by atoms with Crippen molar-refractivity contribution in [2.45, 2.75) is 83.5 Å². The van der Waals surface area contributed by atoms with Crippen molar-refractivity contribution in [3.05, 3.63) is 101 Å². The summed E-state index contributed by atoms with van der Waals surface area (Å²) in [5, 5.41) is 10.9. The van der Waals surface area contributed by atoms with Gasteiger partial charge in [-0.15, -0.1) is 4.48 Å². The molecular weight excluding hydrogens is 565 g/mol. The highest BCUT2D eigenvalue weighted by Crippen LogP contribution is 2.52. The van der Waals surface area contributed by atoms with E-state index in [2.05, 4.69) is 33.9 Å². The number of carbonyl (C=O) groups is 2. The van der Waals surface area contributed by atoms with Gasteiger partial charge in [-0.1, -0.05) is 69.3 Å². The number of rotatable bonds is 9. The smallest absolute Gasteiger partial charge is 0.489 e. The number of ether oxygens (including phenoxy) is 2. The number of imide groups is 1. The molecule has 4 rings (SSSR count). The minimum absolute atomic E-state index is 0.0400. The minimum atomic E-state index is -2.27. The van der Waals surface area contributed by atoms with Crippen LogP contribution < -0.4 is 4.74 Å². The molecule has 1 fully saturated rings. The first-order chi connectivity index (χ1) is 20.2. The number of nitrogens with zero attached hydrogens (tertiary/aromatic N) is 1. The maximum atomic E-state index is 14.1. The lowest BCUT2D eigenvalue weighted by molar-refractivity contribution is -0.854. The number of amides is 2. The number of carboxylic acid groups (broad SMARTS) is 1. The van der Waals surface area contributed by atoms with E-state index >= 15 is 0 Å². The lowest BCUT2D eigenvalue weighted by atomic mass is 9.98. The third-order valence-electron chi connectivity index (χ3n) is 9.24. The van der Waals surface area contributed by atoms with E-state index in [-0.39, 0.29) is 30.7 Å². The normalized spacial score (nSPS) is 22.3. The van der Waals surface area contributed by atoms with Crippen LogP contribution in [-0.2, 0) is 22.4 Å². The summed E-state index contributed by atoms with van der Waals surface area (Å²) in [5.41, 5.74) is 0.793. The molecule has 3 aromatic rings. The molecule has 230 valence electrons. The Balaban J connectivity index is 1.66. The molecule has 2 unspecified atom stereocenters. The van der Waals surface area contributed by atoms with E-state index in [1.165, 1.54) is 6.07 Å². The van der Waals surface area contributed by atoms with Crippen molar-refractivity contribution < 1.29 is 37.5 Å². The van der Waals surface area contributed by atoms with Crippen LogP contribution in [0.4, 0.5) is 14.0 Å². The lowest BCUT2D eigenvalue weighted by Gasteiger charge is -2.44. The summed E-state index contributed by atoms with van der Waals surface area (Å²) >= 11 is 0. The molecule has 0 radical (unpaired) electrons. The summed E-state index contributed by atoms with van der Waals surface area (Å²) in [6, 6.07) is 21.9. The summed E-state index contributed by atoms with van der Waals surface area (Å²) in [6.07, 6.45) is -1.20. The third-order valence-corrected chi connectivity index (χ3v) is 13.7. The van der Waals surface area contributed by atoms with Crippen LogP contribution in [-0.4, -0.2) is 42.2 Å². The Hall–Kier alpha value is -3.53. The highest BCUT2D eigenvalue weighted by Gasteiger charge is 2.70. The molecule has 1 aliphatic rings. The Labute approximate surface area is 254 Å². The second-order valence-corrected chi connectivity index (χ2v) is 17.9. The molecule has 9 heteroatoms. The van der Waals surface area contributed by atoms with Crippen LogP contribution in [0.15, 0.2) is 78.9 Å². The van der Waals surface area contributed by atoms with Gasteiger partial charge in [-0.3, -0.25) is 0 Å². The van der Waals surface area contributed by atoms with Crippen LogP contribution in [0.25, 0.3) is 0 Å². The van der Waals surface area contributed by atoms with Gasteiger partial charge in [0.15, 0.2) is 8.32 Å². The Morgan fingerprint density at radius 2 is 1.60 bits per heavy atom. The SMILES string of the molecule is CC1(CO[Si](C)(C)C(C)(C)C)CC[C@H](c2ccc(OCc3ccccc3F)cc2)[N+]1(C(=O)O)C(=O)OCc1ccccc1. The fourth-order valence-electron chi connectivity index (χ4n) is 5.48. The van der Waals surface area contributed by atoms with Gasteiger partial charge in [0.05, 0.1) is 6.61 Å². The molecule has 0 aliphatic carbocycles. The molecule has 1 heterocycles. The van der Waals surface area contributed by atoms with Gasteiger partial charge in [0.1, 0.15) is 36.4 Å². The Morgan fingerprint density at radius 1 is 0.977 bits per heavy atom. The van der Waals surface area contributed by atoms with Crippen molar-refractivity contribution in [3.63, 3.8) is 0 Å². The fraction of sp³-hybridized carbons (Fsp3) is 0.412. The molecule has 43 heavy (non-hydrogen) atoms. The number of halogens is 1. The van der Waals surface area contributed by atoms with Crippen molar-refractivity contribution >= 4 is 20.5 Å². The summed E-state index contributed by atoms with van der Waals surface area (Å²) in [7, 11) is -2.27. The van der Waals surface area contributed by atoms with E-state index in [9.17, 15) is 19.1 Å². The first-order valence-electron chi connectivity index (χ1n) is 14.6. The van der Waals surface area contributed by atoms with Crippen molar-refractivity contribution in [3.8, 4) is 5.75 Å². The van der Waals surface area contributed by atoms with Crippen molar-refractivity contribution in [1.82, 2.24) is 0 Å². The third kappa shape index (κ3) is 6.54. The van der Waals surface area contributed by atoms with Gasteiger partial charge in [0, 0.05) is 24.0 Å². The fourth-order valence-corrected chi connectivity index (χ4v) is 6.59. The summed E-state index contributed by atoms with van der Waals surface area (Å²) < 4.78 is 31.3. The van der Waals surface area contributed by atoms with E-state index in [1.54, 1.807) is 42.5 Å². The van der Waals surface area contributed by atoms with Gasteiger partial charge in [0.25, 0.3) is 0 Å². The minimum Gasteiger partial charge on any atom is -0.489 e. The number of likely N-dealkylation sites (tertiary alicyclic amines) is 1. The average Bonchev–Trinajstić information content (AvgIpc) is 3.29. The molecule has 0 aromatic heterocycles. The second kappa shape index (κ2) is 12.6. The Bertz CT molecular complexity index is 1420. The monoisotopic (exact) mass is 608 g/mol. The van der Waals surface area contributed by atoms with E-state index in [0.717, 1.165) is 5.56 Å². The van der Waals surface area contributed by atoms with Crippen LogP contribution in [0.2, 0.25) is 18.1 Å². The van der Waals surface area contributed by atoms with Crippen LogP contribution in [0.1, 0.15) is 63.3 Å². The quantitative estimate of drug-likeness (QED) is 0.193. The predicted octanol–water partition coefficient (Wildman–Crippen LogP) is 8.85. The summed E-state index contributed by atoms with van der Waals surface area (Å²) in [5.74, 6) is 0.163. The van der Waals surface area contributed by atoms with E-state index in [4.69, 9.17) is 13.9 Å². The van der Waals surface area contributed by atoms with Gasteiger partial charge in [-0.2, -0.15) is 9.59 Å². The number of carbonyl (C=O) groups excluding carboxylic acids is 1. The largest absolute Gasteiger partial charge is 0.528 e. The number of benzene rings is 3. The Morgan fingerprint density at radius 3 is 2.21 bits per heavy atom. The van der Waals surface area contributed by atoms with Crippen LogP contribution >= 0.6 is 0 Å². The first kappa shape index (κ1) is 32.4. The van der Waals surface area contributed by atoms with Crippen LogP contribution in [0.5, 0.6) is 5.75 Å². The van der Waals surface area contributed by atoms with Crippen LogP contribution in [0.3, 0.4) is 0 Å². The van der Waals surface area contributed by atoms with Gasteiger partial charge in [-0.25, -0.2) is 4.39 Å². The molecule has 3 aromatic carbocycles. The average molecular weight is 609 g/mol. The van der Waals surface area contributed by atoms with E-state index < -0.39 is 36.6 Å². The van der Waals surface area contributed by atoms with E-state index in [0.29, 0.717) is 29.7 Å².